The van der Waals surface area contributed by atoms with Crippen LogP contribution in [0.2, 0.25) is 0 Å². The molecule has 0 spiro atoms. The van der Waals surface area contributed by atoms with Gasteiger partial charge in [-0.05, 0) is 32.6 Å². The van der Waals surface area contributed by atoms with E-state index in [1.165, 1.54) is 25.7 Å². The van der Waals surface area contributed by atoms with Gasteiger partial charge >= 0.3 is 0 Å². The van der Waals surface area contributed by atoms with Crippen LogP contribution in [0.5, 0.6) is 0 Å². The molecule has 124 valence electrons. The smallest absolute Gasteiger partial charge is 0.192 e. The van der Waals surface area contributed by atoms with Gasteiger partial charge in [0.25, 0.3) is 0 Å². The fourth-order valence-corrected chi connectivity index (χ4v) is 2.52. The molecular formula is C16H30N6. The molecule has 1 unspecified atom stereocenters. The van der Waals surface area contributed by atoms with Crippen molar-refractivity contribution in [2.24, 2.45) is 18.0 Å². The van der Waals surface area contributed by atoms with Crippen LogP contribution in [0, 0.1) is 12.8 Å². The molecule has 2 rings (SSSR count). The average molecular weight is 306 g/mol. The normalized spacial score (nSPS) is 18.0. The molecule has 1 aromatic rings. The molecule has 2 N–H and O–H groups in total. The van der Waals surface area contributed by atoms with E-state index in [0.29, 0.717) is 24.5 Å². The molecule has 1 fully saturated rings. The van der Waals surface area contributed by atoms with E-state index in [0.717, 1.165) is 17.6 Å². The topological polar surface area (TPSA) is 67.1 Å². The molecule has 6 heteroatoms. The second kappa shape index (κ2) is 7.61. The van der Waals surface area contributed by atoms with Crippen LogP contribution in [0.1, 0.15) is 58.1 Å². The number of hydrogen-bond acceptors (Lipinski definition) is 3. The number of hydrogen-bond donors (Lipinski definition) is 2. The first-order valence-electron chi connectivity index (χ1n) is 8.39. The highest BCUT2D eigenvalue weighted by molar-refractivity contribution is 5.80. The number of nitrogens with zero attached hydrogens (tertiary/aromatic N) is 4. The Morgan fingerprint density at radius 1 is 1.27 bits per heavy atom. The molecule has 6 nitrogen and oxygen atoms in total. The van der Waals surface area contributed by atoms with E-state index in [1.54, 1.807) is 0 Å². The molecule has 1 aliphatic carbocycles. The van der Waals surface area contributed by atoms with Gasteiger partial charge in [-0.25, -0.2) is 4.99 Å². The molecule has 1 atom stereocenters. The Kier molecular flexibility index (Phi) is 5.80. The SMILES string of the molecule is Cc1nnc(CN=C(NC2CCCC2)NC(C)C(C)C)n1C. The van der Waals surface area contributed by atoms with Gasteiger partial charge in [0.05, 0.1) is 0 Å². The summed E-state index contributed by atoms with van der Waals surface area (Å²) in [5.41, 5.74) is 0. The lowest BCUT2D eigenvalue weighted by Gasteiger charge is -2.23. The fraction of sp³-hybridized carbons (Fsp3) is 0.812. The summed E-state index contributed by atoms with van der Waals surface area (Å²) in [6, 6.07) is 0.931. The van der Waals surface area contributed by atoms with Crippen LogP contribution in [0.25, 0.3) is 0 Å². The maximum atomic E-state index is 4.73. The average Bonchev–Trinajstić information content (AvgIpc) is 3.08. The number of aryl methyl sites for hydroxylation is 1. The van der Waals surface area contributed by atoms with Gasteiger partial charge in [-0.3, -0.25) is 0 Å². The lowest BCUT2D eigenvalue weighted by Crippen LogP contribution is -2.47. The Morgan fingerprint density at radius 3 is 2.50 bits per heavy atom. The summed E-state index contributed by atoms with van der Waals surface area (Å²) in [6.07, 6.45) is 5.10. The first-order chi connectivity index (χ1) is 10.5. The Balaban J connectivity index is 2.04. The second-order valence-corrected chi connectivity index (χ2v) is 6.69. The summed E-state index contributed by atoms with van der Waals surface area (Å²) < 4.78 is 1.99. The summed E-state index contributed by atoms with van der Waals surface area (Å²) >= 11 is 0. The summed E-state index contributed by atoms with van der Waals surface area (Å²) in [5, 5.41) is 15.4. The zero-order valence-electron chi connectivity index (χ0n) is 14.6. The van der Waals surface area contributed by atoms with E-state index in [-0.39, 0.29) is 0 Å². The van der Waals surface area contributed by atoms with Crippen LogP contribution in [0.3, 0.4) is 0 Å². The molecule has 0 amide bonds. The van der Waals surface area contributed by atoms with E-state index in [2.05, 4.69) is 41.6 Å². The van der Waals surface area contributed by atoms with E-state index in [1.807, 2.05) is 18.5 Å². The highest BCUT2D eigenvalue weighted by Crippen LogP contribution is 2.17. The van der Waals surface area contributed by atoms with Crippen molar-refractivity contribution in [2.75, 3.05) is 0 Å². The number of aliphatic imine (C=N–C) groups is 1. The Labute approximate surface area is 133 Å². The zero-order valence-corrected chi connectivity index (χ0v) is 14.6. The van der Waals surface area contributed by atoms with Gasteiger partial charge in [-0.15, -0.1) is 10.2 Å². The van der Waals surface area contributed by atoms with Crippen molar-refractivity contribution in [3.63, 3.8) is 0 Å². The quantitative estimate of drug-likeness (QED) is 0.646. The van der Waals surface area contributed by atoms with E-state index in [4.69, 9.17) is 4.99 Å². The lowest BCUT2D eigenvalue weighted by atomic mass is 10.1. The maximum absolute atomic E-state index is 4.73. The van der Waals surface area contributed by atoms with Crippen LogP contribution < -0.4 is 10.6 Å². The van der Waals surface area contributed by atoms with Crippen LogP contribution in [0.4, 0.5) is 0 Å². The number of rotatable bonds is 5. The molecule has 0 saturated heterocycles. The largest absolute Gasteiger partial charge is 0.354 e. The van der Waals surface area contributed by atoms with E-state index >= 15 is 0 Å². The molecule has 1 aromatic heterocycles. The first kappa shape index (κ1) is 16.8. The molecule has 1 aliphatic rings. The second-order valence-electron chi connectivity index (χ2n) is 6.69. The Morgan fingerprint density at radius 2 is 1.95 bits per heavy atom. The van der Waals surface area contributed by atoms with Crippen molar-refractivity contribution >= 4 is 5.96 Å². The minimum Gasteiger partial charge on any atom is -0.354 e. The van der Waals surface area contributed by atoms with Gasteiger partial charge in [0.15, 0.2) is 11.8 Å². The van der Waals surface area contributed by atoms with Crippen LogP contribution in [-0.2, 0) is 13.6 Å². The lowest BCUT2D eigenvalue weighted by molar-refractivity contribution is 0.474. The van der Waals surface area contributed by atoms with E-state index < -0.39 is 0 Å². The van der Waals surface area contributed by atoms with Gasteiger partial charge in [0.2, 0.25) is 0 Å². The van der Waals surface area contributed by atoms with Crippen molar-refractivity contribution in [1.29, 1.82) is 0 Å². The Bertz CT molecular complexity index is 493. The number of nitrogens with one attached hydrogen (secondary N) is 2. The van der Waals surface area contributed by atoms with Crippen molar-refractivity contribution in [2.45, 2.75) is 72.0 Å². The van der Waals surface area contributed by atoms with E-state index in [9.17, 15) is 0 Å². The predicted molar refractivity (Wildman–Crippen MR) is 89.7 cm³/mol. The summed E-state index contributed by atoms with van der Waals surface area (Å²) in [4.78, 5) is 4.73. The van der Waals surface area contributed by atoms with Crippen LogP contribution >= 0.6 is 0 Å². The monoisotopic (exact) mass is 306 g/mol. The molecule has 0 aromatic carbocycles. The summed E-state index contributed by atoms with van der Waals surface area (Å²) in [5.74, 6) is 3.27. The zero-order chi connectivity index (χ0) is 16.1. The summed E-state index contributed by atoms with van der Waals surface area (Å²) in [6.45, 7) is 9.14. The molecular weight excluding hydrogens is 276 g/mol. The number of aromatic nitrogens is 3. The van der Waals surface area contributed by atoms with Crippen molar-refractivity contribution in [3.05, 3.63) is 11.6 Å². The predicted octanol–water partition coefficient (Wildman–Crippen LogP) is 2.15. The van der Waals surface area contributed by atoms with Gasteiger partial charge in [-0.1, -0.05) is 26.7 Å². The first-order valence-corrected chi connectivity index (χ1v) is 8.39. The third-order valence-corrected chi connectivity index (χ3v) is 4.62. The van der Waals surface area contributed by atoms with Crippen molar-refractivity contribution in [1.82, 2.24) is 25.4 Å². The third-order valence-electron chi connectivity index (χ3n) is 4.62. The van der Waals surface area contributed by atoms with Gasteiger partial charge in [-0.2, -0.15) is 0 Å². The van der Waals surface area contributed by atoms with Crippen LogP contribution in [-0.4, -0.2) is 32.8 Å². The molecule has 0 bridgehead atoms. The fourth-order valence-electron chi connectivity index (χ4n) is 2.52. The van der Waals surface area contributed by atoms with Gasteiger partial charge < -0.3 is 15.2 Å². The molecule has 1 saturated carbocycles. The molecule has 0 radical (unpaired) electrons. The van der Waals surface area contributed by atoms with Crippen molar-refractivity contribution in [3.8, 4) is 0 Å². The van der Waals surface area contributed by atoms with Crippen molar-refractivity contribution < 1.29 is 0 Å². The van der Waals surface area contributed by atoms with Gasteiger partial charge in [0.1, 0.15) is 12.4 Å². The molecule has 0 aliphatic heterocycles. The molecule has 22 heavy (non-hydrogen) atoms. The summed E-state index contributed by atoms with van der Waals surface area (Å²) in [7, 11) is 1.98. The minimum atomic E-state index is 0.383. The van der Waals surface area contributed by atoms with Gasteiger partial charge in [0, 0.05) is 19.1 Å². The number of guanidine groups is 1. The highest BCUT2D eigenvalue weighted by atomic mass is 15.3. The van der Waals surface area contributed by atoms with Crippen LogP contribution in [0.15, 0.2) is 4.99 Å². The highest BCUT2D eigenvalue weighted by Gasteiger charge is 2.18. The standard InChI is InChI=1S/C16H30N6/c1-11(2)12(3)18-16(19-14-8-6-7-9-14)17-10-15-21-20-13(4)22(15)5/h11-12,14H,6-10H2,1-5H3,(H2,17,18,19). The third kappa shape index (κ3) is 4.45. The minimum absolute atomic E-state index is 0.383. The maximum Gasteiger partial charge on any atom is 0.192 e. The Hall–Kier alpha value is -1.59. The molecule has 1 heterocycles.